The van der Waals surface area contributed by atoms with Crippen LogP contribution >= 0.6 is 0 Å². The summed E-state index contributed by atoms with van der Waals surface area (Å²) in [5, 5.41) is 4.34. The van der Waals surface area contributed by atoms with E-state index >= 15 is 0 Å². The molecule has 0 aliphatic rings. The van der Waals surface area contributed by atoms with Crippen LogP contribution in [0.2, 0.25) is 0 Å². The van der Waals surface area contributed by atoms with E-state index in [0.717, 1.165) is 36.2 Å². The Balaban J connectivity index is 2.83. The zero-order valence-electron chi connectivity index (χ0n) is 9.37. The maximum atomic E-state index is 10.7. The number of carbonyl (C=O) groups excluding carboxylic acids is 1. The first-order valence-corrected chi connectivity index (χ1v) is 5.05. The summed E-state index contributed by atoms with van der Waals surface area (Å²) < 4.78 is 1.93. The van der Waals surface area contributed by atoms with Crippen molar-refractivity contribution in [2.75, 3.05) is 0 Å². The minimum absolute atomic E-state index is 0.665. The largest absolute Gasteiger partial charge is 0.298 e. The Kier molecular flexibility index (Phi) is 3.44. The first-order valence-electron chi connectivity index (χ1n) is 5.05. The van der Waals surface area contributed by atoms with E-state index in [4.69, 9.17) is 0 Å². The van der Waals surface area contributed by atoms with E-state index in [1.54, 1.807) is 0 Å². The maximum Gasteiger partial charge on any atom is 0.153 e. The molecule has 0 aliphatic carbocycles. The molecule has 14 heavy (non-hydrogen) atoms. The average Bonchev–Trinajstić information content (AvgIpc) is 2.38. The minimum atomic E-state index is 0.665. The number of rotatable bonds is 4. The lowest BCUT2D eigenvalue weighted by atomic mass is 10.1. The van der Waals surface area contributed by atoms with E-state index in [1.165, 1.54) is 0 Å². The number of aryl methyl sites for hydroxylation is 2. The Morgan fingerprint density at radius 2 is 2.07 bits per heavy atom. The van der Waals surface area contributed by atoms with E-state index in [9.17, 15) is 4.79 Å². The van der Waals surface area contributed by atoms with Gasteiger partial charge in [0.15, 0.2) is 6.29 Å². The summed E-state index contributed by atoms with van der Waals surface area (Å²) in [6.07, 6.45) is 1.99. The molecule has 3 heteroatoms. The Bertz CT molecular complexity index is 326. The molecule has 1 heterocycles. The number of hydrogen-bond donors (Lipinski definition) is 0. The van der Waals surface area contributed by atoms with Crippen LogP contribution in [0.3, 0.4) is 0 Å². The zero-order chi connectivity index (χ0) is 10.7. The van der Waals surface area contributed by atoms with Gasteiger partial charge in [0.25, 0.3) is 0 Å². The van der Waals surface area contributed by atoms with Crippen LogP contribution in [0.25, 0.3) is 0 Å². The van der Waals surface area contributed by atoms with Crippen LogP contribution in [0.15, 0.2) is 0 Å². The van der Waals surface area contributed by atoms with Crippen LogP contribution in [0.4, 0.5) is 0 Å². The lowest BCUT2D eigenvalue weighted by molar-refractivity contribution is 0.112. The van der Waals surface area contributed by atoms with Crippen molar-refractivity contribution in [2.45, 2.75) is 40.7 Å². The molecule has 0 saturated heterocycles. The van der Waals surface area contributed by atoms with Crippen molar-refractivity contribution in [1.82, 2.24) is 9.78 Å². The molecule has 1 aromatic heterocycles. The second-order valence-electron chi connectivity index (χ2n) is 4.11. The summed E-state index contributed by atoms with van der Waals surface area (Å²) in [4.78, 5) is 10.7. The minimum Gasteiger partial charge on any atom is -0.298 e. The quantitative estimate of drug-likeness (QED) is 0.690. The third-order valence-electron chi connectivity index (χ3n) is 2.47. The molecule has 0 bridgehead atoms. The topological polar surface area (TPSA) is 34.9 Å². The van der Waals surface area contributed by atoms with Crippen molar-refractivity contribution in [3.8, 4) is 0 Å². The standard InChI is InChI=1S/C11H18N2O/c1-8(2)5-6-13-10(4)11(7-14)9(3)12-13/h7-8H,5-6H2,1-4H3. The molecule has 78 valence electrons. The molecule has 1 aromatic rings. The highest BCUT2D eigenvalue weighted by Gasteiger charge is 2.10. The van der Waals surface area contributed by atoms with E-state index < -0.39 is 0 Å². The fourth-order valence-corrected chi connectivity index (χ4v) is 1.48. The molecular weight excluding hydrogens is 176 g/mol. The molecule has 0 N–H and O–H groups in total. The van der Waals surface area contributed by atoms with Crippen molar-refractivity contribution < 1.29 is 4.79 Å². The molecule has 0 saturated carbocycles. The highest BCUT2D eigenvalue weighted by Crippen LogP contribution is 2.12. The second kappa shape index (κ2) is 4.40. The molecule has 0 aliphatic heterocycles. The lowest BCUT2D eigenvalue weighted by Crippen LogP contribution is -2.05. The molecule has 0 atom stereocenters. The molecular formula is C11H18N2O. The average molecular weight is 194 g/mol. The van der Waals surface area contributed by atoms with Crippen LogP contribution in [0.5, 0.6) is 0 Å². The van der Waals surface area contributed by atoms with Gasteiger partial charge < -0.3 is 0 Å². The SMILES string of the molecule is Cc1nn(CCC(C)C)c(C)c1C=O. The van der Waals surface area contributed by atoms with Gasteiger partial charge in [-0.2, -0.15) is 5.10 Å². The summed E-state index contributed by atoms with van der Waals surface area (Å²) in [6, 6.07) is 0. The number of nitrogens with zero attached hydrogens (tertiary/aromatic N) is 2. The predicted octanol–water partition coefficient (Wildman–Crippen LogP) is 2.36. The molecule has 1 rings (SSSR count). The molecule has 0 aromatic carbocycles. The smallest absolute Gasteiger partial charge is 0.153 e. The van der Waals surface area contributed by atoms with Gasteiger partial charge in [-0.25, -0.2) is 0 Å². The van der Waals surface area contributed by atoms with Gasteiger partial charge in [0.2, 0.25) is 0 Å². The van der Waals surface area contributed by atoms with Crippen LogP contribution in [-0.4, -0.2) is 16.1 Å². The van der Waals surface area contributed by atoms with Gasteiger partial charge in [0.1, 0.15) is 0 Å². The van der Waals surface area contributed by atoms with Crippen LogP contribution in [0, 0.1) is 19.8 Å². The third kappa shape index (κ3) is 2.22. The highest BCUT2D eigenvalue weighted by molar-refractivity contribution is 5.77. The highest BCUT2D eigenvalue weighted by atomic mass is 16.1. The fourth-order valence-electron chi connectivity index (χ4n) is 1.48. The van der Waals surface area contributed by atoms with E-state index in [1.807, 2.05) is 18.5 Å². The lowest BCUT2D eigenvalue weighted by Gasteiger charge is -2.06. The van der Waals surface area contributed by atoms with E-state index in [-0.39, 0.29) is 0 Å². The van der Waals surface area contributed by atoms with Gasteiger partial charge >= 0.3 is 0 Å². The first-order chi connectivity index (χ1) is 6.56. The summed E-state index contributed by atoms with van der Waals surface area (Å²) in [6.45, 7) is 9.10. The summed E-state index contributed by atoms with van der Waals surface area (Å²) >= 11 is 0. The van der Waals surface area contributed by atoms with Crippen molar-refractivity contribution in [2.24, 2.45) is 5.92 Å². The summed E-state index contributed by atoms with van der Waals surface area (Å²) in [7, 11) is 0. The zero-order valence-corrected chi connectivity index (χ0v) is 9.37. The van der Waals surface area contributed by atoms with Gasteiger partial charge in [0.05, 0.1) is 11.3 Å². The van der Waals surface area contributed by atoms with Gasteiger partial charge in [-0.1, -0.05) is 13.8 Å². The van der Waals surface area contributed by atoms with Crippen molar-refractivity contribution in [3.63, 3.8) is 0 Å². The molecule has 0 radical (unpaired) electrons. The van der Waals surface area contributed by atoms with Crippen molar-refractivity contribution >= 4 is 6.29 Å². The van der Waals surface area contributed by atoms with Crippen LogP contribution in [0.1, 0.15) is 42.0 Å². The van der Waals surface area contributed by atoms with Crippen LogP contribution in [-0.2, 0) is 6.54 Å². The monoisotopic (exact) mass is 194 g/mol. The Labute approximate surface area is 85.1 Å². The molecule has 3 nitrogen and oxygen atoms in total. The van der Waals surface area contributed by atoms with Gasteiger partial charge in [-0.15, -0.1) is 0 Å². The van der Waals surface area contributed by atoms with Crippen molar-refractivity contribution in [1.29, 1.82) is 0 Å². The van der Waals surface area contributed by atoms with E-state index in [2.05, 4.69) is 18.9 Å². The Hall–Kier alpha value is -1.12. The van der Waals surface area contributed by atoms with E-state index in [0.29, 0.717) is 5.92 Å². The van der Waals surface area contributed by atoms with Gasteiger partial charge in [0, 0.05) is 12.2 Å². The third-order valence-corrected chi connectivity index (χ3v) is 2.47. The van der Waals surface area contributed by atoms with Gasteiger partial charge in [-0.05, 0) is 26.2 Å². The van der Waals surface area contributed by atoms with Crippen LogP contribution < -0.4 is 0 Å². The fraction of sp³-hybridized carbons (Fsp3) is 0.636. The first kappa shape index (κ1) is 11.0. The Morgan fingerprint density at radius 1 is 1.43 bits per heavy atom. The molecule has 0 unspecified atom stereocenters. The summed E-state index contributed by atoms with van der Waals surface area (Å²) in [5.41, 5.74) is 2.56. The molecule has 0 amide bonds. The maximum absolute atomic E-state index is 10.7. The number of aromatic nitrogens is 2. The normalized spacial score (nSPS) is 10.9. The predicted molar refractivity (Wildman–Crippen MR) is 56.5 cm³/mol. The molecule has 0 fully saturated rings. The number of carbonyl (C=O) groups is 1. The van der Waals surface area contributed by atoms with Crippen molar-refractivity contribution in [3.05, 3.63) is 17.0 Å². The molecule has 0 spiro atoms. The summed E-state index contributed by atoms with van der Waals surface area (Å²) in [5.74, 6) is 0.665. The van der Waals surface area contributed by atoms with Gasteiger partial charge in [-0.3, -0.25) is 9.48 Å². The number of aldehydes is 1. The Morgan fingerprint density at radius 3 is 2.50 bits per heavy atom. The number of hydrogen-bond acceptors (Lipinski definition) is 2. The second-order valence-corrected chi connectivity index (χ2v) is 4.11.